The summed E-state index contributed by atoms with van der Waals surface area (Å²) in [5.41, 5.74) is 6.91. The van der Waals surface area contributed by atoms with Gasteiger partial charge in [-0.15, -0.1) is 0 Å². The maximum Gasteiger partial charge on any atom is 0.122 e. The monoisotopic (exact) mass is 253 g/mol. The van der Waals surface area contributed by atoms with Crippen molar-refractivity contribution in [3.8, 4) is 11.5 Å². The fourth-order valence-electron chi connectivity index (χ4n) is 1.68. The summed E-state index contributed by atoms with van der Waals surface area (Å²) in [6, 6.07) is 5.87. The van der Waals surface area contributed by atoms with E-state index in [-0.39, 0.29) is 6.04 Å². The summed E-state index contributed by atoms with van der Waals surface area (Å²) >= 11 is 0. The summed E-state index contributed by atoms with van der Waals surface area (Å²) in [4.78, 5) is 0. The van der Waals surface area contributed by atoms with Crippen molar-refractivity contribution in [3.05, 3.63) is 23.8 Å². The van der Waals surface area contributed by atoms with Gasteiger partial charge in [0.2, 0.25) is 0 Å². The van der Waals surface area contributed by atoms with Gasteiger partial charge in [-0.3, -0.25) is 0 Å². The molecule has 0 saturated heterocycles. The summed E-state index contributed by atoms with van der Waals surface area (Å²) in [6.45, 7) is 5.79. The third-order valence-electron chi connectivity index (χ3n) is 2.50. The molecule has 0 aliphatic rings. The van der Waals surface area contributed by atoms with Crippen LogP contribution >= 0.6 is 0 Å². The Hall–Kier alpha value is -1.26. The van der Waals surface area contributed by atoms with Gasteiger partial charge < -0.3 is 19.9 Å². The third-order valence-corrected chi connectivity index (χ3v) is 2.50. The van der Waals surface area contributed by atoms with E-state index < -0.39 is 0 Å². The highest BCUT2D eigenvalue weighted by Gasteiger charge is 2.08. The topological polar surface area (TPSA) is 53.7 Å². The van der Waals surface area contributed by atoms with Crippen LogP contribution in [0.2, 0.25) is 0 Å². The number of hydrogen-bond donors (Lipinski definition) is 1. The van der Waals surface area contributed by atoms with Crippen LogP contribution < -0.4 is 15.2 Å². The van der Waals surface area contributed by atoms with Crippen LogP contribution in [0.3, 0.4) is 0 Å². The molecule has 0 fully saturated rings. The van der Waals surface area contributed by atoms with Crippen molar-refractivity contribution in [2.24, 2.45) is 5.73 Å². The highest BCUT2D eigenvalue weighted by atomic mass is 16.5. The fraction of sp³-hybridized carbons (Fsp3) is 0.571. The summed E-state index contributed by atoms with van der Waals surface area (Å²) in [6.07, 6.45) is 0.765. The van der Waals surface area contributed by atoms with Crippen LogP contribution in [0, 0.1) is 0 Å². The molecule has 102 valence electrons. The molecule has 0 amide bonds. The Morgan fingerprint density at radius 2 is 2.06 bits per heavy atom. The van der Waals surface area contributed by atoms with Gasteiger partial charge in [-0.25, -0.2) is 0 Å². The summed E-state index contributed by atoms with van der Waals surface area (Å²) in [7, 11) is 1.65. The Morgan fingerprint density at radius 1 is 1.28 bits per heavy atom. The second-order valence-electron chi connectivity index (χ2n) is 4.20. The van der Waals surface area contributed by atoms with Crippen molar-refractivity contribution in [1.82, 2.24) is 0 Å². The molecule has 0 heterocycles. The predicted octanol–water partition coefficient (Wildman–Crippen LogP) is 2.00. The summed E-state index contributed by atoms with van der Waals surface area (Å²) in [5, 5.41) is 0. The molecule has 0 saturated carbocycles. The largest absolute Gasteiger partial charge is 0.497 e. The van der Waals surface area contributed by atoms with Gasteiger partial charge in [0.1, 0.15) is 18.1 Å². The lowest BCUT2D eigenvalue weighted by Crippen LogP contribution is -2.18. The van der Waals surface area contributed by atoms with E-state index in [0.717, 1.165) is 23.5 Å². The van der Waals surface area contributed by atoms with Crippen LogP contribution in [-0.2, 0) is 11.2 Å². The molecule has 0 aliphatic heterocycles. The lowest BCUT2D eigenvalue weighted by atomic mass is 10.1. The van der Waals surface area contributed by atoms with Crippen molar-refractivity contribution in [1.29, 1.82) is 0 Å². The average molecular weight is 253 g/mol. The standard InChI is InChI=1S/C14H23NO3/c1-4-17-7-8-18-14-6-5-13(16-3)10-12(14)9-11(2)15/h5-6,10-11H,4,7-9,15H2,1-3H3. The van der Waals surface area contributed by atoms with Gasteiger partial charge in [0.25, 0.3) is 0 Å². The Bertz CT molecular complexity index is 353. The van der Waals surface area contributed by atoms with Gasteiger partial charge in [-0.05, 0) is 44.0 Å². The Balaban J connectivity index is 2.68. The molecule has 1 unspecified atom stereocenters. The molecule has 0 radical (unpaired) electrons. The highest BCUT2D eigenvalue weighted by Crippen LogP contribution is 2.25. The molecule has 1 rings (SSSR count). The Labute approximate surface area is 109 Å². The second kappa shape index (κ2) is 7.95. The molecule has 18 heavy (non-hydrogen) atoms. The minimum atomic E-state index is 0.0892. The Kier molecular flexibility index (Phi) is 6.54. The average Bonchev–Trinajstić information content (AvgIpc) is 2.35. The maximum absolute atomic E-state index is 5.84. The van der Waals surface area contributed by atoms with E-state index in [1.807, 2.05) is 32.0 Å². The SMILES string of the molecule is CCOCCOc1ccc(OC)cc1CC(C)N. The first-order chi connectivity index (χ1) is 8.67. The van der Waals surface area contributed by atoms with E-state index in [1.54, 1.807) is 7.11 Å². The molecule has 0 spiro atoms. The zero-order valence-electron chi connectivity index (χ0n) is 11.4. The second-order valence-corrected chi connectivity index (χ2v) is 4.20. The quantitative estimate of drug-likeness (QED) is 0.720. The Morgan fingerprint density at radius 3 is 2.67 bits per heavy atom. The maximum atomic E-state index is 5.84. The number of nitrogens with two attached hydrogens (primary N) is 1. The lowest BCUT2D eigenvalue weighted by Gasteiger charge is -2.14. The molecular formula is C14H23NO3. The molecule has 1 atom stereocenters. The van der Waals surface area contributed by atoms with Crippen molar-refractivity contribution < 1.29 is 14.2 Å². The zero-order chi connectivity index (χ0) is 13.4. The minimum Gasteiger partial charge on any atom is -0.497 e. The molecule has 1 aromatic carbocycles. The zero-order valence-corrected chi connectivity index (χ0v) is 11.4. The van der Waals surface area contributed by atoms with Crippen molar-refractivity contribution in [2.45, 2.75) is 26.3 Å². The van der Waals surface area contributed by atoms with E-state index in [9.17, 15) is 0 Å². The van der Waals surface area contributed by atoms with Crippen molar-refractivity contribution in [2.75, 3.05) is 26.9 Å². The van der Waals surface area contributed by atoms with Gasteiger partial charge >= 0.3 is 0 Å². The van der Waals surface area contributed by atoms with Crippen LogP contribution in [0.25, 0.3) is 0 Å². The predicted molar refractivity (Wildman–Crippen MR) is 72.3 cm³/mol. The third kappa shape index (κ3) is 4.94. The molecule has 0 bridgehead atoms. The van der Waals surface area contributed by atoms with Gasteiger partial charge in [0, 0.05) is 12.6 Å². The molecule has 2 N–H and O–H groups in total. The van der Waals surface area contributed by atoms with E-state index in [1.165, 1.54) is 0 Å². The van der Waals surface area contributed by atoms with Crippen LogP contribution in [-0.4, -0.2) is 33.0 Å². The molecular weight excluding hydrogens is 230 g/mol. The van der Waals surface area contributed by atoms with Crippen LogP contribution in [0.5, 0.6) is 11.5 Å². The van der Waals surface area contributed by atoms with Gasteiger partial charge in [-0.2, -0.15) is 0 Å². The lowest BCUT2D eigenvalue weighted by molar-refractivity contribution is 0.110. The van der Waals surface area contributed by atoms with E-state index >= 15 is 0 Å². The number of methoxy groups -OCH3 is 1. The van der Waals surface area contributed by atoms with E-state index in [2.05, 4.69) is 0 Å². The van der Waals surface area contributed by atoms with Gasteiger partial charge in [0.05, 0.1) is 13.7 Å². The normalized spacial score (nSPS) is 12.2. The number of ether oxygens (including phenoxy) is 3. The molecule has 4 heteroatoms. The molecule has 0 aliphatic carbocycles. The van der Waals surface area contributed by atoms with Gasteiger partial charge in [0.15, 0.2) is 0 Å². The fourth-order valence-corrected chi connectivity index (χ4v) is 1.68. The van der Waals surface area contributed by atoms with Crippen LogP contribution in [0.4, 0.5) is 0 Å². The summed E-state index contributed by atoms with van der Waals surface area (Å²) in [5.74, 6) is 1.68. The smallest absolute Gasteiger partial charge is 0.122 e. The first-order valence-corrected chi connectivity index (χ1v) is 6.30. The van der Waals surface area contributed by atoms with E-state index in [4.69, 9.17) is 19.9 Å². The van der Waals surface area contributed by atoms with Crippen LogP contribution in [0.1, 0.15) is 19.4 Å². The van der Waals surface area contributed by atoms with Crippen LogP contribution in [0.15, 0.2) is 18.2 Å². The van der Waals surface area contributed by atoms with Crippen molar-refractivity contribution in [3.63, 3.8) is 0 Å². The minimum absolute atomic E-state index is 0.0892. The first kappa shape index (κ1) is 14.8. The number of hydrogen-bond acceptors (Lipinski definition) is 4. The van der Waals surface area contributed by atoms with Crippen molar-refractivity contribution >= 4 is 0 Å². The molecule has 4 nitrogen and oxygen atoms in total. The summed E-state index contributed by atoms with van der Waals surface area (Å²) < 4.78 is 16.2. The van der Waals surface area contributed by atoms with E-state index in [0.29, 0.717) is 19.8 Å². The molecule has 1 aromatic rings. The number of rotatable bonds is 8. The first-order valence-electron chi connectivity index (χ1n) is 6.30. The molecule has 0 aromatic heterocycles. The number of benzene rings is 1. The highest BCUT2D eigenvalue weighted by molar-refractivity contribution is 5.40. The van der Waals surface area contributed by atoms with Gasteiger partial charge in [-0.1, -0.05) is 0 Å².